The molecule has 0 aromatic heterocycles. The van der Waals surface area contributed by atoms with Gasteiger partial charge in [-0.05, 0) is 18.9 Å². The molecule has 0 spiro atoms. The van der Waals surface area contributed by atoms with Crippen LogP contribution in [0.3, 0.4) is 0 Å². The van der Waals surface area contributed by atoms with Crippen molar-refractivity contribution in [1.29, 1.82) is 0 Å². The van der Waals surface area contributed by atoms with Gasteiger partial charge in [-0.25, -0.2) is 0 Å². The molecule has 0 aliphatic rings. The molecular weight excluding hydrogens is 268 g/mol. The number of hydrogen-bond donors (Lipinski definition) is 1. The van der Waals surface area contributed by atoms with E-state index in [1.165, 1.54) is 6.07 Å². The molecule has 0 amide bonds. The lowest BCUT2D eigenvalue weighted by atomic mass is 9.96. The van der Waals surface area contributed by atoms with Crippen LogP contribution in [0.4, 0.5) is 5.69 Å². The molecule has 0 aliphatic carbocycles. The molecule has 19 heavy (non-hydrogen) atoms. The third-order valence-electron chi connectivity index (χ3n) is 3.33. The summed E-state index contributed by atoms with van der Waals surface area (Å²) in [6.07, 6.45) is 1.57. The SMILES string of the molecule is CCC(N)(CC)COCc1c(Cl)cccc1[N+](=O)[O-]. The van der Waals surface area contributed by atoms with E-state index < -0.39 is 10.5 Å². The zero-order chi connectivity index (χ0) is 14.5. The summed E-state index contributed by atoms with van der Waals surface area (Å²) in [6.45, 7) is 4.42. The third-order valence-corrected chi connectivity index (χ3v) is 3.69. The van der Waals surface area contributed by atoms with Crippen molar-refractivity contribution < 1.29 is 9.66 Å². The highest BCUT2D eigenvalue weighted by Gasteiger charge is 2.22. The maximum Gasteiger partial charge on any atom is 0.276 e. The number of nitrogens with two attached hydrogens (primary N) is 1. The van der Waals surface area contributed by atoms with Gasteiger partial charge in [0.15, 0.2) is 0 Å². The number of halogens is 1. The lowest BCUT2D eigenvalue weighted by Crippen LogP contribution is -2.43. The fourth-order valence-corrected chi connectivity index (χ4v) is 1.90. The Kier molecular flexibility index (Phi) is 5.72. The number of nitro groups is 1. The summed E-state index contributed by atoms with van der Waals surface area (Å²) >= 11 is 5.98. The quantitative estimate of drug-likeness (QED) is 0.616. The molecule has 2 N–H and O–H groups in total. The Morgan fingerprint density at radius 2 is 2.05 bits per heavy atom. The Hall–Kier alpha value is -1.17. The van der Waals surface area contributed by atoms with Crippen LogP contribution in [0, 0.1) is 10.1 Å². The molecule has 0 atom stereocenters. The molecule has 1 aromatic rings. The summed E-state index contributed by atoms with van der Waals surface area (Å²) in [4.78, 5) is 10.5. The van der Waals surface area contributed by atoms with Crippen molar-refractivity contribution in [2.75, 3.05) is 6.61 Å². The highest BCUT2D eigenvalue weighted by atomic mass is 35.5. The first-order valence-electron chi connectivity index (χ1n) is 6.22. The van der Waals surface area contributed by atoms with Crippen LogP contribution in [0.5, 0.6) is 0 Å². The lowest BCUT2D eigenvalue weighted by molar-refractivity contribution is -0.385. The topological polar surface area (TPSA) is 78.4 Å². The van der Waals surface area contributed by atoms with Gasteiger partial charge in [0.2, 0.25) is 0 Å². The predicted molar refractivity (Wildman–Crippen MR) is 75.3 cm³/mol. The summed E-state index contributed by atoms with van der Waals surface area (Å²) < 4.78 is 5.52. The van der Waals surface area contributed by atoms with Gasteiger partial charge in [0.05, 0.1) is 28.7 Å². The number of rotatable bonds is 7. The van der Waals surface area contributed by atoms with Crippen molar-refractivity contribution in [3.8, 4) is 0 Å². The first-order chi connectivity index (χ1) is 8.93. The molecule has 1 aromatic carbocycles. The second-order valence-electron chi connectivity index (χ2n) is 4.56. The molecule has 106 valence electrons. The van der Waals surface area contributed by atoms with E-state index in [4.69, 9.17) is 22.1 Å². The van der Waals surface area contributed by atoms with Gasteiger partial charge in [-0.2, -0.15) is 0 Å². The van der Waals surface area contributed by atoms with E-state index in [1.54, 1.807) is 12.1 Å². The Bertz CT molecular complexity index is 448. The summed E-state index contributed by atoms with van der Waals surface area (Å²) in [6, 6.07) is 4.58. The Balaban J connectivity index is 2.76. The molecule has 0 radical (unpaired) electrons. The lowest BCUT2D eigenvalue weighted by Gasteiger charge is -2.26. The standard InChI is InChI=1S/C13H19ClN2O3/c1-3-13(15,4-2)9-19-8-10-11(14)6-5-7-12(10)16(17)18/h5-7H,3-4,8-9,15H2,1-2H3. The molecule has 0 unspecified atom stereocenters. The second-order valence-corrected chi connectivity index (χ2v) is 4.96. The fraction of sp³-hybridized carbons (Fsp3) is 0.538. The number of benzene rings is 1. The van der Waals surface area contributed by atoms with E-state index in [-0.39, 0.29) is 12.3 Å². The third kappa shape index (κ3) is 4.16. The molecule has 5 nitrogen and oxygen atoms in total. The molecule has 1 rings (SSSR count). The Labute approximate surface area is 117 Å². The van der Waals surface area contributed by atoms with E-state index in [0.29, 0.717) is 17.2 Å². The van der Waals surface area contributed by atoms with Gasteiger partial charge in [-0.15, -0.1) is 0 Å². The van der Waals surface area contributed by atoms with Gasteiger partial charge in [0.1, 0.15) is 0 Å². The monoisotopic (exact) mass is 286 g/mol. The van der Waals surface area contributed by atoms with Crippen LogP contribution in [0.1, 0.15) is 32.3 Å². The van der Waals surface area contributed by atoms with Crippen LogP contribution in [-0.2, 0) is 11.3 Å². The predicted octanol–water partition coefficient (Wildman–Crippen LogP) is 3.28. The van der Waals surface area contributed by atoms with Crippen LogP contribution < -0.4 is 5.73 Å². The largest absolute Gasteiger partial charge is 0.375 e. The summed E-state index contributed by atoms with van der Waals surface area (Å²) in [5, 5.41) is 11.3. The van der Waals surface area contributed by atoms with E-state index in [0.717, 1.165) is 12.8 Å². The highest BCUT2D eigenvalue weighted by molar-refractivity contribution is 6.31. The van der Waals surface area contributed by atoms with Gasteiger partial charge in [-0.1, -0.05) is 31.5 Å². The zero-order valence-corrected chi connectivity index (χ0v) is 11.9. The van der Waals surface area contributed by atoms with Crippen molar-refractivity contribution in [1.82, 2.24) is 0 Å². The molecule has 0 saturated carbocycles. The first kappa shape index (κ1) is 15.9. The minimum absolute atomic E-state index is 0.0249. The van der Waals surface area contributed by atoms with Crippen LogP contribution in [0.2, 0.25) is 5.02 Å². The number of ether oxygens (including phenoxy) is 1. The van der Waals surface area contributed by atoms with Gasteiger partial charge in [0, 0.05) is 11.6 Å². The molecule has 6 heteroatoms. The van der Waals surface area contributed by atoms with Gasteiger partial charge < -0.3 is 10.5 Å². The normalized spacial score (nSPS) is 11.6. The van der Waals surface area contributed by atoms with E-state index in [2.05, 4.69) is 0 Å². The number of nitro benzene ring substituents is 1. The van der Waals surface area contributed by atoms with Crippen LogP contribution in [0.15, 0.2) is 18.2 Å². The minimum Gasteiger partial charge on any atom is -0.375 e. The smallest absolute Gasteiger partial charge is 0.276 e. The van der Waals surface area contributed by atoms with Crippen molar-refractivity contribution in [2.24, 2.45) is 5.73 Å². The van der Waals surface area contributed by atoms with E-state index in [1.807, 2.05) is 13.8 Å². The first-order valence-corrected chi connectivity index (χ1v) is 6.59. The van der Waals surface area contributed by atoms with E-state index in [9.17, 15) is 10.1 Å². The number of nitrogens with zero attached hydrogens (tertiary/aromatic N) is 1. The van der Waals surface area contributed by atoms with Gasteiger partial charge in [-0.3, -0.25) is 10.1 Å². The van der Waals surface area contributed by atoms with Gasteiger partial charge in [0.25, 0.3) is 5.69 Å². The molecule has 0 heterocycles. The molecule has 0 fully saturated rings. The summed E-state index contributed by atoms with van der Waals surface area (Å²) in [5.41, 5.74) is 6.08. The van der Waals surface area contributed by atoms with Crippen LogP contribution >= 0.6 is 11.6 Å². The average Bonchev–Trinajstić information content (AvgIpc) is 2.40. The maximum absolute atomic E-state index is 10.9. The van der Waals surface area contributed by atoms with Crippen molar-refractivity contribution in [3.05, 3.63) is 38.9 Å². The zero-order valence-electron chi connectivity index (χ0n) is 11.2. The van der Waals surface area contributed by atoms with Crippen LogP contribution in [-0.4, -0.2) is 17.1 Å². The van der Waals surface area contributed by atoms with Crippen molar-refractivity contribution in [3.63, 3.8) is 0 Å². The second kappa shape index (κ2) is 6.84. The summed E-state index contributed by atoms with van der Waals surface area (Å²) in [5.74, 6) is 0. The Morgan fingerprint density at radius 1 is 1.42 bits per heavy atom. The summed E-state index contributed by atoms with van der Waals surface area (Å²) in [7, 11) is 0. The number of hydrogen-bond acceptors (Lipinski definition) is 4. The average molecular weight is 287 g/mol. The minimum atomic E-state index is -0.458. The van der Waals surface area contributed by atoms with Crippen molar-refractivity contribution >= 4 is 17.3 Å². The Morgan fingerprint density at radius 3 is 2.58 bits per heavy atom. The molecule has 0 bridgehead atoms. The molecule has 0 aliphatic heterocycles. The fourth-order valence-electron chi connectivity index (χ4n) is 1.67. The molecular formula is C13H19ClN2O3. The highest BCUT2D eigenvalue weighted by Crippen LogP contribution is 2.27. The van der Waals surface area contributed by atoms with Gasteiger partial charge >= 0.3 is 0 Å². The van der Waals surface area contributed by atoms with Crippen LogP contribution in [0.25, 0.3) is 0 Å². The molecule has 0 saturated heterocycles. The van der Waals surface area contributed by atoms with Crippen molar-refractivity contribution in [2.45, 2.75) is 38.8 Å². The maximum atomic E-state index is 10.9. The van der Waals surface area contributed by atoms with E-state index >= 15 is 0 Å².